The number of aryl methyl sites for hydroxylation is 1. The van der Waals surface area contributed by atoms with Gasteiger partial charge in [0, 0.05) is 31.5 Å². The second-order valence-corrected chi connectivity index (χ2v) is 5.69. The van der Waals surface area contributed by atoms with Crippen molar-refractivity contribution in [3.8, 4) is 5.75 Å². The summed E-state index contributed by atoms with van der Waals surface area (Å²) in [5, 5.41) is 8.78. The van der Waals surface area contributed by atoms with Crippen molar-refractivity contribution in [3.63, 3.8) is 0 Å². The van der Waals surface area contributed by atoms with Crippen LogP contribution in [0, 0.1) is 0 Å². The molecule has 0 fully saturated rings. The van der Waals surface area contributed by atoms with Gasteiger partial charge in [0.2, 0.25) is 5.95 Å². The number of methoxy groups -OCH3 is 1. The zero-order valence-corrected chi connectivity index (χ0v) is 14.7. The second-order valence-electron chi connectivity index (χ2n) is 5.69. The number of hydrogen-bond acceptors (Lipinski definition) is 5. The first-order valence-electron chi connectivity index (χ1n) is 8.35. The molecule has 1 atom stereocenters. The third-order valence-electron chi connectivity index (χ3n) is 3.66. The lowest BCUT2D eigenvalue weighted by molar-refractivity contribution is 0.237. The van der Waals surface area contributed by atoms with E-state index < -0.39 is 0 Å². The first-order valence-corrected chi connectivity index (χ1v) is 8.35. The maximum absolute atomic E-state index is 11.9. The number of amides is 2. The Morgan fingerprint density at radius 2 is 1.88 bits per heavy atom. The van der Waals surface area contributed by atoms with Crippen LogP contribution in [0.25, 0.3) is 0 Å². The zero-order chi connectivity index (χ0) is 17.9. The highest BCUT2D eigenvalue weighted by Crippen LogP contribution is 2.13. The molecule has 0 aliphatic heterocycles. The molecule has 1 aromatic heterocycles. The first kappa shape index (κ1) is 18.5. The Bertz CT molecular complexity index is 634. The molecule has 0 saturated heterocycles. The molecule has 0 aliphatic carbocycles. The summed E-state index contributed by atoms with van der Waals surface area (Å²) in [6, 6.07) is 9.66. The van der Waals surface area contributed by atoms with E-state index in [-0.39, 0.29) is 12.1 Å². The highest BCUT2D eigenvalue weighted by atomic mass is 16.5. The van der Waals surface area contributed by atoms with Crippen LogP contribution < -0.4 is 20.7 Å². The number of carbonyl (C=O) groups is 1. The molecule has 2 rings (SSSR count). The van der Waals surface area contributed by atoms with Gasteiger partial charge >= 0.3 is 6.03 Å². The van der Waals surface area contributed by atoms with Crippen molar-refractivity contribution in [2.45, 2.75) is 25.8 Å². The number of anilines is 1. The molecule has 0 saturated carbocycles. The van der Waals surface area contributed by atoms with Crippen molar-refractivity contribution >= 4 is 12.0 Å². The zero-order valence-electron chi connectivity index (χ0n) is 14.7. The van der Waals surface area contributed by atoms with Gasteiger partial charge < -0.3 is 20.7 Å². The Labute approximate surface area is 148 Å². The molecule has 2 aromatic rings. The fourth-order valence-corrected chi connectivity index (χ4v) is 2.26. The molecule has 25 heavy (non-hydrogen) atoms. The number of rotatable bonds is 9. The maximum atomic E-state index is 11.9. The van der Waals surface area contributed by atoms with Crippen molar-refractivity contribution in [1.29, 1.82) is 0 Å². The molecule has 1 heterocycles. The van der Waals surface area contributed by atoms with Gasteiger partial charge in [-0.3, -0.25) is 0 Å². The van der Waals surface area contributed by atoms with Gasteiger partial charge in [0.15, 0.2) is 0 Å². The van der Waals surface area contributed by atoms with E-state index in [0.717, 1.165) is 18.6 Å². The number of aromatic nitrogens is 2. The van der Waals surface area contributed by atoms with E-state index in [2.05, 4.69) is 25.9 Å². The smallest absolute Gasteiger partial charge is 0.315 e. The minimum atomic E-state index is -0.169. The van der Waals surface area contributed by atoms with Gasteiger partial charge in [-0.25, -0.2) is 14.8 Å². The van der Waals surface area contributed by atoms with Crippen molar-refractivity contribution < 1.29 is 9.53 Å². The number of ether oxygens (including phenoxy) is 1. The van der Waals surface area contributed by atoms with Gasteiger partial charge in [0.1, 0.15) is 5.75 Å². The number of carbonyl (C=O) groups excluding carboxylic acids is 1. The number of benzene rings is 1. The number of nitrogens with one attached hydrogen (secondary N) is 3. The Morgan fingerprint density at radius 3 is 2.56 bits per heavy atom. The molecule has 134 valence electrons. The third-order valence-corrected chi connectivity index (χ3v) is 3.66. The van der Waals surface area contributed by atoms with Crippen LogP contribution in [-0.2, 0) is 6.42 Å². The highest BCUT2D eigenvalue weighted by Gasteiger charge is 2.07. The van der Waals surface area contributed by atoms with E-state index in [1.807, 2.05) is 31.2 Å². The van der Waals surface area contributed by atoms with E-state index in [4.69, 9.17) is 4.74 Å². The van der Waals surface area contributed by atoms with Crippen molar-refractivity contribution in [2.24, 2.45) is 0 Å². The van der Waals surface area contributed by atoms with E-state index >= 15 is 0 Å². The fraction of sp³-hybridized carbons (Fsp3) is 0.389. The van der Waals surface area contributed by atoms with Crippen LogP contribution >= 0.6 is 0 Å². The van der Waals surface area contributed by atoms with E-state index in [0.29, 0.717) is 19.0 Å². The summed E-state index contributed by atoms with van der Waals surface area (Å²) in [5.41, 5.74) is 1.22. The predicted octanol–water partition coefficient (Wildman–Crippen LogP) is 2.22. The van der Waals surface area contributed by atoms with Gasteiger partial charge in [-0.05, 0) is 43.5 Å². The molecule has 1 aromatic carbocycles. The van der Waals surface area contributed by atoms with Crippen LogP contribution in [-0.4, -0.2) is 42.2 Å². The number of nitrogens with zero attached hydrogens (tertiary/aromatic N) is 2. The molecule has 0 spiro atoms. The summed E-state index contributed by atoms with van der Waals surface area (Å²) in [6.07, 6.45) is 5.11. The predicted molar refractivity (Wildman–Crippen MR) is 97.8 cm³/mol. The highest BCUT2D eigenvalue weighted by molar-refractivity contribution is 5.74. The molecule has 2 amide bonds. The van der Waals surface area contributed by atoms with Gasteiger partial charge in [-0.1, -0.05) is 12.1 Å². The lowest BCUT2D eigenvalue weighted by atomic mass is 10.1. The topological polar surface area (TPSA) is 88.2 Å². The SMILES string of the molecule is COc1ccc(CCC(C)NC(=O)NCCNc2ncccn2)cc1. The average molecular weight is 343 g/mol. The van der Waals surface area contributed by atoms with Crippen LogP contribution in [0.1, 0.15) is 18.9 Å². The summed E-state index contributed by atoms with van der Waals surface area (Å²) < 4.78 is 5.14. The number of urea groups is 1. The summed E-state index contributed by atoms with van der Waals surface area (Å²) in [6.45, 7) is 3.06. The molecule has 0 aliphatic rings. The third kappa shape index (κ3) is 7.07. The summed E-state index contributed by atoms with van der Waals surface area (Å²) >= 11 is 0. The van der Waals surface area contributed by atoms with Crippen LogP contribution in [0.15, 0.2) is 42.7 Å². The summed E-state index contributed by atoms with van der Waals surface area (Å²) in [7, 11) is 1.65. The molecule has 0 radical (unpaired) electrons. The standard InChI is InChI=1S/C18H25N5O2/c1-14(4-5-15-6-8-16(25-2)9-7-15)23-18(24)22-13-12-21-17-19-10-3-11-20-17/h3,6-11,14H,4-5,12-13H2,1-2H3,(H,19,20,21)(H2,22,23,24). The molecule has 0 bridgehead atoms. The average Bonchev–Trinajstić information content (AvgIpc) is 2.65. The molecular formula is C18H25N5O2. The van der Waals surface area contributed by atoms with Gasteiger partial charge in [-0.2, -0.15) is 0 Å². The summed E-state index contributed by atoms with van der Waals surface area (Å²) in [4.78, 5) is 20.0. The van der Waals surface area contributed by atoms with Gasteiger partial charge in [-0.15, -0.1) is 0 Å². The lowest BCUT2D eigenvalue weighted by Gasteiger charge is -2.15. The molecule has 7 nitrogen and oxygen atoms in total. The Kier molecular flexibility index (Phi) is 7.49. The van der Waals surface area contributed by atoms with Crippen molar-refractivity contribution in [2.75, 3.05) is 25.5 Å². The van der Waals surface area contributed by atoms with E-state index in [1.54, 1.807) is 25.6 Å². The molecule has 1 unspecified atom stereocenters. The minimum absolute atomic E-state index is 0.0903. The monoisotopic (exact) mass is 343 g/mol. The van der Waals surface area contributed by atoms with Crippen molar-refractivity contribution in [1.82, 2.24) is 20.6 Å². The fourth-order valence-electron chi connectivity index (χ4n) is 2.26. The largest absolute Gasteiger partial charge is 0.497 e. The maximum Gasteiger partial charge on any atom is 0.315 e. The van der Waals surface area contributed by atoms with E-state index in [9.17, 15) is 4.79 Å². The Morgan fingerprint density at radius 1 is 1.16 bits per heavy atom. The quantitative estimate of drug-likeness (QED) is 0.608. The molecule has 7 heteroatoms. The van der Waals surface area contributed by atoms with E-state index in [1.165, 1.54) is 5.56 Å². The minimum Gasteiger partial charge on any atom is -0.497 e. The Balaban J connectivity index is 1.59. The van der Waals surface area contributed by atoms with Gasteiger partial charge in [0.25, 0.3) is 0 Å². The normalized spacial score (nSPS) is 11.4. The lowest BCUT2D eigenvalue weighted by Crippen LogP contribution is -2.42. The van der Waals surface area contributed by atoms with Crippen molar-refractivity contribution in [3.05, 3.63) is 48.3 Å². The Hall–Kier alpha value is -2.83. The van der Waals surface area contributed by atoms with Gasteiger partial charge in [0.05, 0.1) is 7.11 Å². The van der Waals surface area contributed by atoms with Crippen LogP contribution in [0.3, 0.4) is 0 Å². The summed E-state index contributed by atoms with van der Waals surface area (Å²) in [5.74, 6) is 1.40. The molecular weight excluding hydrogens is 318 g/mol. The second kappa shape index (κ2) is 10.1. The van der Waals surface area contributed by atoms with Crippen LogP contribution in [0.4, 0.5) is 10.7 Å². The number of hydrogen-bond donors (Lipinski definition) is 3. The van der Waals surface area contributed by atoms with Crippen LogP contribution in [0.2, 0.25) is 0 Å². The first-order chi connectivity index (χ1) is 12.2. The van der Waals surface area contributed by atoms with Crippen LogP contribution in [0.5, 0.6) is 5.75 Å². The molecule has 3 N–H and O–H groups in total.